The molecule has 0 radical (unpaired) electrons. The molecule has 98 valence electrons. The number of non-ortho nitro benzene ring substituents is 1. The molecule has 0 atom stereocenters. The summed E-state index contributed by atoms with van der Waals surface area (Å²) in [5.74, 6) is 0.540. The monoisotopic (exact) mass is 258 g/mol. The van der Waals surface area contributed by atoms with E-state index in [4.69, 9.17) is 5.73 Å². The van der Waals surface area contributed by atoms with Crippen LogP contribution in [0.5, 0.6) is 0 Å². The minimum atomic E-state index is -0.393. The fourth-order valence-corrected chi connectivity index (χ4v) is 2.60. The molecule has 19 heavy (non-hydrogen) atoms. The highest BCUT2D eigenvalue weighted by molar-refractivity contribution is 5.54. The van der Waals surface area contributed by atoms with Crippen LogP contribution in [0.4, 0.5) is 11.5 Å². The molecule has 0 saturated carbocycles. The number of aryl methyl sites for hydroxylation is 1. The van der Waals surface area contributed by atoms with Gasteiger partial charge in [-0.3, -0.25) is 10.1 Å². The summed E-state index contributed by atoms with van der Waals surface area (Å²) < 4.78 is 1.76. The lowest BCUT2D eigenvalue weighted by Crippen LogP contribution is -2.04. The molecule has 0 aliphatic heterocycles. The smallest absolute Gasteiger partial charge is 0.271 e. The topological polar surface area (TPSA) is 87.0 Å². The van der Waals surface area contributed by atoms with E-state index in [0.717, 1.165) is 41.8 Å². The van der Waals surface area contributed by atoms with Crippen molar-refractivity contribution in [2.45, 2.75) is 26.2 Å². The lowest BCUT2D eigenvalue weighted by Gasteiger charge is -2.08. The van der Waals surface area contributed by atoms with Crippen molar-refractivity contribution in [1.29, 1.82) is 0 Å². The zero-order chi connectivity index (χ0) is 13.6. The Labute approximate surface area is 110 Å². The van der Waals surface area contributed by atoms with E-state index in [1.165, 1.54) is 6.07 Å². The molecule has 6 nitrogen and oxygen atoms in total. The molecule has 1 aliphatic rings. The Hall–Kier alpha value is -2.37. The van der Waals surface area contributed by atoms with Crippen molar-refractivity contribution >= 4 is 11.5 Å². The Kier molecular flexibility index (Phi) is 2.51. The predicted molar refractivity (Wildman–Crippen MR) is 71.4 cm³/mol. The number of hydrogen-bond donors (Lipinski definition) is 1. The molecule has 2 N–H and O–H groups in total. The summed E-state index contributed by atoms with van der Waals surface area (Å²) in [7, 11) is 0. The van der Waals surface area contributed by atoms with Crippen LogP contribution in [0.3, 0.4) is 0 Å². The van der Waals surface area contributed by atoms with Gasteiger partial charge in [-0.2, -0.15) is 5.10 Å². The van der Waals surface area contributed by atoms with Crippen molar-refractivity contribution in [1.82, 2.24) is 9.78 Å². The Morgan fingerprint density at radius 1 is 1.42 bits per heavy atom. The fourth-order valence-electron chi connectivity index (χ4n) is 2.60. The van der Waals surface area contributed by atoms with Gasteiger partial charge in [0.2, 0.25) is 0 Å². The van der Waals surface area contributed by atoms with Gasteiger partial charge in [-0.15, -0.1) is 0 Å². The number of nitrogens with two attached hydrogens (primary N) is 1. The summed E-state index contributed by atoms with van der Waals surface area (Å²) in [4.78, 5) is 10.5. The molecule has 2 aromatic rings. The van der Waals surface area contributed by atoms with Gasteiger partial charge in [-0.05, 0) is 31.7 Å². The van der Waals surface area contributed by atoms with Gasteiger partial charge in [0.25, 0.3) is 5.69 Å². The maximum absolute atomic E-state index is 10.9. The molecular formula is C13H14N4O2. The zero-order valence-corrected chi connectivity index (χ0v) is 10.6. The van der Waals surface area contributed by atoms with Gasteiger partial charge in [-0.25, -0.2) is 4.68 Å². The molecule has 1 aromatic heterocycles. The Morgan fingerprint density at radius 3 is 2.95 bits per heavy atom. The molecule has 0 saturated heterocycles. The van der Waals surface area contributed by atoms with Gasteiger partial charge in [0, 0.05) is 23.4 Å². The minimum absolute atomic E-state index is 0.0708. The van der Waals surface area contributed by atoms with Crippen molar-refractivity contribution in [3.8, 4) is 5.69 Å². The Balaban J connectivity index is 2.19. The van der Waals surface area contributed by atoms with Crippen LogP contribution in [0.15, 0.2) is 18.2 Å². The second-order valence-electron chi connectivity index (χ2n) is 4.80. The maximum atomic E-state index is 10.9. The lowest BCUT2D eigenvalue weighted by atomic mass is 10.1. The summed E-state index contributed by atoms with van der Waals surface area (Å²) in [6, 6.07) is 4.80. The number of rotatable bonds is 2. The van der Waals surface area contributed by atoms with E-state index in [9.17, 15) is 10.1 Å². The van der Waals surface area contributed by atoms with Crippen LogP contribution in [0, 0.1) is 17.0 Å². The first-order chi connectivity index (χ1) is 9.08. The number of nitro benzene ring substituents is 1. The van der Waals surface area contributed by atoms with E-state index in [1.54, 1.807) is 16.8 Å². The number of fused-ring (bicyclic) bond motifs is 1. The number of nitrogen functional groups attached to an aromatic ring is 1. The van der Waals surface area contributed by atoms with Crippen LogP contribution in [-0.4, -0.2) is 14.7 Å². The average molecular weight is 258 g/mol. The largest absolute Gasteiger partial charge is 0.382 e. The number of nitrogens with zero attached hydrogens (tertiary/aromatic N) is 3. The SMILES string of the molecule is Cc1ccc([N+](=O)[O-])cc1-n1nc(N)c2c1CCC2. The van der Waals surface area contributed by atoms with Gasteiger partial charge < -0.3 is 5.73 Å². The van der Waals surface area contributed by atoms with Gasteiger partial charge >= 0.3 is 0 Å². The Bertz CT molecular complexity index is 676. The third-order valence-corrected chi connectivity index (χ3v) is 3.59. The highest BCUT2D eigenvalue weighted by atomic mass is 16.6. The molecule has 0 amide bonds. The fraction of sp³-hybridized carbons (Fsp3) is 0.308. The summed E-state index contributed by atoms with van der Waals surface area (Å²) >= 11 is 0. The normalized spacial score (nSPS) is 13.5. The second kappa shape index (κ2) is 4.08. The molecule has 0 unspecified atom stereocenters. The van der Waals surface area contributed by atoms with Gasteiger partial charge in [0.15, 0.2) is 0 Å². The average Bonchev–Trinajstić information content (AvgIpc) is 2.94. The number of anilines is 1. The van der Waals surface area contributed by atoms with Crippen molar-refractivity contribution in [2.24, 2.45) is 0 Å². The standard InChI is InChI=1S/C13H14N4O2/c1-8-5-6-9(17(18)19)7-12(8)16-11-4-2-3-10(11)13(14)15-16/h5-7H,2-4H2,1H3,(H2,14,15). The summed E-state index contributed by atoms with van der Waals surface area (Å²) in [6.45, 7) is 1.91. The van der Waals surface area contributed by atoms with Gasteiger partial charge in [0.05, 0.1) is 10.6 Å². The van der Waals surface area contributed by atoms with Crippen LogP contribution in [0.1, 0.15) is 23.2 Å². The van der Waals surface area contributed by atoms with E-state index in [2.05, 4.69) is 5.10 Å². The molecule has 1 aromatic carbocycles. The van der Waals surface area contributed by atoms with E-state index < -0.39 is 4.92 Å². The first-order valence-corrected chi connectivity index (χ1v) is 6.19. The minimum Gasteiger partial charge on any atom is -0.382 e. The highest BCUT2D eigenvalue weighted by Gasteiger charge is 2.23. The van der Waals surface area contributed by atoms with Crippen molar-refractivity contribution < 1.29 is 4.92 Å². The van der Waals surface area contributed by atoms with Gasteiger partial charge in [-0.1, -0.05) is 6.07 Å². The quantitative estimate of drug-likeness (QED) is 0.660. The van der Waals surface area contributed by atoms with Crippen LogP contribution in [-0.2, 0) is 12.8 Å². The number of aromatic nitrogens is 2. The molecule has 0 spiro atoms. The van der Waals surface area contributed by atoms with E-state index >= 15 is 0 Å². The number of benzene rings is 1. The molecule has 0 bridgehead atoms. The third kappa shape index (κ3) is 1.76. The maximum Gasteiger partial charge on any atom is 0.271 e. The molecule has 6 heteroatoms. The van der Waals surface area contributed by atoms with Gasteiger partial charge in [0.1, 0.15) is 5.82 Å². The number of hydrogen-bond acceptors (Lipinski definition) is 4. The molecule has 0 fully saturated rings. The summed E-state index contributed by atoms with van der Waals surface area (Å²) in [6.07, 6.45) is 2.92. The van der Waals surface area contributed by atoms with Crippen LogP contribution < -0.4 is 5.73 Å². The lowest BCUT2D eigenvalue weighted by molar-refractivity contribution is -0.384. The van der Waals surface area contributed by atoms with E-state index in [1.807, 2.05) is 6.92 Å². The highest BCUT2D eigenvalue weighted by Crippen LogP contribution is 2.31. The van der Waals surface area contributed by atoms with Crippen LogP contribution in [0.25, 0.3) is 5.69 Å². The summed E-state index contributed by atoms with van der Waals surface area (Å²) in [5.41, 5.74) is 9.84. The van der Waals surface area contributed by atoms with Crippen LogP contribution >= 0.6 is 0 Å². The third-order valence-electron chi connectivity index (χ3n) is 3.59. The predicted octanol–water partition coefficient (Wildman–Crippen LogP) is 2.16. The number of nitro groups is 1. The first kappa shape index (κ1) is 11.7. The van der Waals surface area contributed by atoms with Crippen molar-refractivity contribution in [3.63, 3.8) is 0 Å². The van der Waals surface area contributed by atoms with E-state index in [-0.39, 0.29) is 5.69 Å². The van der Waals surface area contributed by atoms with Crippen LogP contribution in [0.2, 0.25) is 0 Å². The molecular weight excluding hydrogens is 244 g/mol. The van der Waals surface area contributed by atoms with Crippen molar-refractivity contribution in [2.75, 3.05) is 5.73 Å². The molecule has 1 heterocycles. The second-order valence-corrected chi connectivity index (χ2v) is 4.80. The Morgan fingerprint density at radius 2 is 2.21 bits per heavy atom. The molecule has 3 rings (SSSR count). The summed E-state index contributed by atoms with van der Waals surface area (Å²) in [5, 5.41) is 15.2. The van der Waals surface area contributed by atoms with E-state index in [0.29, 0.717) is 5.82 Å². The first-order valence-electron chi connectivity index (χ1n) is 6.19. The zero-order valence-electron chi connectivity index (χ0n) is 10.6. The van der Waals surface area contributed by atoms with Crippen molar-refractivity contribution in [3.05, 3.63) is 45.1 Å². The molecule has 1 aliphatic carbocycles.